The first-order valence-electron chi connectivity index (χ1n) is 7.33. The van der Waals surface area contributed by atoms with Gasteiger partial charge in [0.1, 0.15) is 0 Å². The van der Waals surface area contributed by atoms with Crippen LogP contribution < -0.4 is 5.32 Å². The van der Waals surface area contributed by atoms with E-state index in [1.54, 1.807) is 6.07 Å². The van der Waals surface area contributed by atoms with Crippen molar-refractivity contribution in [2.45, 2.75) is 25.7 Å². The normalized spacial score (nSPS) is 12.0. The first-order valence-corrected chi connectivity index (χ1v) is 8.98. The molecule has 0 aliphatic heterocycles. The lowest BCUT2D eigenvalue weighted by Gasteiger charge is -2.18. The van der Waals surface area contributed by atoms with Gasteiger partial charge >= 0.3 is 0 Å². The molecule has 0 atom stereocenters. The summed E-state index contributed by atoms with van der Waals surface area (Å²) in [5, 5.41) is 2.49. The predicted octanol–water partition coefficient (Wildman–Crippen LogP) is 3.29. The molecule has 1 heterocycles. The molecular weight excluding hydrogens is 331 g/mol. The number of carbonyl (C=O) groups excluding carboxylic acids is 1. The summed E-state index contributed by atoms with van der Waals surface area (Å²) in [6.45, 7) is 5.50. The van der Waals surface area contributed by atoms with E-state index in [-0.39, 0.29) is 21.9 Å². The maximum Gasteiger partial charge on any atom is 0.260 e. The molecule has 2 rings (SSSR count). The van der Waals surface area contributed by atoms with Gasteiger partial charge in [0.25, 0.3) is 5.91 Å². The molecular formula is C17H19FN2O3S. The summed E-state index contributed by atoms with van der Waals surface area (Å²) in [6, 6.07) is 8.67. The number of sulfone groups is 1. The van der Waals surface area contributed by atoms with Gasteiger partial charge < -0.3 is 5.32 Å². The summed E-state index contributed by atoms with van der Waals surface area (Å²) >= 11 is 0. The van der Waals surface area contributed by atoms with Crippen LogP contribution >= 0.6 is 0 Å². The molecule has 0 radical (unpaired) electrons. The van der Waals surface area contributed by atoms with Gasteiger partial charge in [-0.05, 0) is 35.7 Å². The molecule has 0 bridgehead atoms. The largest absolute Gasteiger partial charge is 0.322 e. The summed E-state index contributed by atoms with van der Waals surface area (Å²) in [6.07, 6.45) is 1.24. The van der Waals surface area contributed by atoms with Gasteiger partial charge in [0.2, 0.25) is 5.95 Å². The Morgan fingerprint density at radius 2 is 1.92 bits per heavy atom. The Morgan fingerprint density at radius 1 is 1.21 bits per heavy atom. The van der Waals surface area contributed by atoms with Crippen LogP contribution in [0, 0.1) is 11.4 Å². The van der Waals surface area contributed by atoms with Gasteiger partial charge in [0.05, 0.1) is 16.2 Å². The van der Waals surface area contributed by atoms with Gasteiger partial charge in [-0.25, -0.2) is 13.4 Å². The fourth-order valence-corrected chi connectivity index (χ4v) is 4.07. The number of hydrogen-bond acceptors (Lipinski definition) is 4. The van der Waals surface area contributed by atoms with E-state index in [0.29, 0.717) is 0 Å². The molecule has 0 saturated carbocycles. The second kappa shape index (κ2) is 6.68. The highest BCUT2D eigenvalue weighted by Crippen LogP contribution is 2.24. The van der Waals surface area contributed by atoms with Gasteiger partial charge in [-0.3, -0.25) is 4.79 Å². The number of pyridine rings is 1. The zero-order valence-electron chi connectivity index (χ0n) is 13.7. The summed E-state index contributed by atoms with van der Waals surface area (Å²) in [5.74, 6) is -1.59. The van der Waals surface area contributed by atoms with Crippen LogP contribution in [0.25, 0.3) is 0 Å². The number of aromatic nitrogens is 1. The van der Waals surface area contributed by atoms with Crippen molar-refractivity contribution in [3.63, 3.8) is 0 Å². The zero-order chi connectivity index (χ0) is 18.0. The van der Waals surface area contributed by atoms with E-state index in [1.165, 1.54) is 36.5 Å². The molecule has 1 N–H and O–H groups in total. The molecule has 7 heteroatoms. The zero-order valence-corrected chi connectivity index (χ0v) is 14.5. The van der Waals surface area contributed by atoms with E-state index < -0.39 is 27.1 Å². The van der Waals surface area contributed by atoms with E-state index in [0.717, 1.165) is 0 Å². The topological polar surface area (TPSA) is 76.1 Å². The molecule has 0 spiro atoms. The average molecular weight is 350 g/mol. The van der Waals surface area contributed by atoms with Crippen molar-refractivity contribution in [2.75, 3.05) is 11.1 Å². The maximum atomic E-state index is 13.5. The van der Waals surface area contributed by atoms with Crippen molar-refractivity contribution in [3.8, 4) is 0 Å². The highest BCUT2D eigenvalue weighted by Gasteiger charge is 2.24. The van der Waals surface area contributed by atoms with E-state index in [1.807, 2.05) is 20.8 Å². The molecule has 1 amide bonds. The highest BCUT2D eigenvalue weighted by atomic mass is 32.2. The lowest BCUT2D eigenvalue weighted by atomic mass is 10.0. The van der Waals surface area contributed by atoms with E-state index in [2.05, 4.69) is 10.3 Å². The number of anilines is 1. The van der Waals surface area contributed by atoms with Crippen molar-refractivity contribution in [1.82, 2.24) is 4.98 Å². The highest BCUT2D eigenvalue weighted by molar-refractivity contribution is 7.91. The summed E-state index contributed by atoms with van der Waals surface area (Å²) in [5.41, 5.74) is -0.324. The number of nitrogens with zero attached hydrogens (tertiary/aromatic N) is 1. The molecule has 0 saturated heterocycles. The van der Waals surface area contributed by atoms with Crippen molar-refractivity contribution in [2.24, 2.45) is 5.41 Å². The molecule has 128 valence electrons. The number of amides is 1. The van der Waals surface area contributed by atoms with Gasteiger partial charge in [-0.1, -0.05) is 26.8 Å². The number of carbonyl (C=O) groups is 1. The Labute approximate surface area is 140 Å². The van der Waals surface area contributed by atoms with Crippen LogP contribution in [0.2, 0.25) is 0 Å². The minimum Gasteiger partial charge on any atom is -0.322 e. The summed E-state index contributed by atoms with van der Waals surface area (Å²) in [4.78, 5) is 15.6. The van der Waals surface area contributed by atoms with Crippen molar-refractivity contribution in [3.05, 3.63) is 54.1 Å². The molecule has 0 aliphatic carbocycles. The second-order valence-electron chi connectivity index (χ2n) is 6.64. The summed E-state index contributed by atoms with van der Waals surface area (Å²) in [7, 11) is -3.49. The summed E-state index contributed by atoms with van der Waals surface area (Å²) < 4.78 is 38.4. The monoisotopic (exact) mass is 350 g/mol. The van der Waals surface area contributed by atoms with Crippen LogP contribution in [0.5, 0.6) is 0 Å². The van der Waals surface area contributed by atoms with Gasteiger partial charge in [-0.15, -0.1) is 0 Å². The third-order valence-corrected chi connectivity index (χ3v) is 5.30. The van der Waals surface area contributed by atoms with E-state index in [4.69, 9.17) is 0 Å². The number of nitrogens with one attached hydrogen (secondary N) is 1. The Morgan fingerprint density at radius 3 is 2.54 bits per heavy atom. The first kappa shape index (κ1) is 18.1. The van der Waals surface area contributed by atoms with Crippen LogP contribution in [-0.4, -0.2) is 25.1 Å². The SMILES string of the molecule is CC(C)(C)CS(=O)(=O)c1cccc(NC(=O)c2cccnc2F)c1. The first-order chi connectivity index (χ1) is 11.1. The van der Waals surface area contributed by atoms with Crippen LogP contribution in [0.15, 0.2) is 47.5 Å². The molecule has 1 aromatic heterocycles. The lowest BCUT2D eigenvalue weighted by molar-refractivity contribution is 0.102. The molecule has 2 aromatic rings. The molecule has 24 heavy (non-hydrogen) atoms. The number of halogens is 1. The Balaban J connectivity index is 2.25. The Hall–Kier alpha value is -2.28. The molecule has 0 unspecified atom stereocenters. The average Bonchev–Trinajstić information content (AvgIpc) is 2.45. The van der Waals surface area contributed by atoms with Crippen LogP contribution in [0.4, 0.5) is 10.1 Å². The Bertz CT molecular complexity index is 858. The number of rotatable bonds is 4. The number of hydrogen-bond donors (Lipinski definition) is 1. The third kappa shape index (κ3) is 4.61. The van der Waals surface area contributed by atoms with Crippen molar-refractivity contribution in [1.29, 1.82) is 0 Å². The van der Waals surface area contributed by atoms with E-state index in [9.17, 15) is 17.6 Å². The quantitative estimate of drug-likeness (QED) is 0.859. The number of benzene rings is 1. The fourth-order valence-electron chi connectivity index (χ4n) is 2.17. The molecule has 5 nitrogen and oxygen atoms in total. The smallest absolute Gasteiger partial charge is 0.260 e. The molecule has 1 aromatic carbocycles. The molecule has 0 fully saturated rings. The maximum absolute atomic E-state index is 13.5. The minimum absolute atomic E-state index is 0.0192. The van der Waals surface area contributed by atoms with Gasteiger partial charge in [0.15, 0.2) is 9.84 Å². The third-order valence-electron chi connectivity index (χ3n) is 3.08. The van der Waals surface area contributed by atoms with Crippen molar-refractivity contribution < 1.29 is 17.6 Å². The van der Waals surface area contributed by atoms with Gasteiger partial charge in [0, 0.05) is 11.9 Å². The van der Waals surface area contributed by atoms with Crippen LogP contribution in [0.3, 0.4) is 0 Å². The minimum atomic E-state index is -3.49. The predicted molar refractivity (Wildman–Crippen MR) is 90.1 cm³/mol. The standard InChI is InChI=1S/C17H19FN2O3S/c1-17(2,3)11-24(22,23)13-7-4-6-12(10-13)20-16(21)14-8-5-9-19-15(14)18/h4-10H,11H2,1-3H3,(H,20,21). The van der Waals surface area contributed by atoms with E-state index >= 15 is 0 Å². The second-order valence-corrected chi connectivity index (χ2v) is 8.63. The van der Waals surface area contributed by atoms with Crippen molar-refractivity contribution >= 4 is 21.4 Å². The molecule has 0 aliphatic rings. The Kier molecular flexibility index (Phi) is 5.03. The van der Waals surface area contributed by atoms with Crippen LogP contribution in [0.1, 0.15) is 31.1 Å². The fraction of sp³-hybridized carbons (Fsp3) is 0.294. The van der Waals surface area contributed by atoms with Crippen LogP contribution in [-0.2, 0) is 9.84 Å². The lowest BCUT2D eigenvalue weighted by Crippen LogP contribution is -2.21. The van der Waals surface area contributed by atoms with Gasteiger partial charge in [-0.2, -0.15) is 4.39 Å².